The van der Waals surface area contributed by atoms with E-state index in [0.717, 1.165) is 53.6 Å². The summed E-state index contributed by atoms with van der Waals surface area (Å²) >= 11 is 2.90. The first-order valence-corrected chi connectivity index (χ1v) is 12.3. The Morgan fingerprint density at radius 2 is 2.00 bits per heavy atom. The van der Waals surface area contributed by atoms with Gasteiger partial charge in [-0.05, 0) is 51.2 Å². The molecule has 0 bridgehead atoms. The molecule has 4 rings (SSSR count). The van der Waals surface area contributed by atoms with Crippen molar-refractivity contribution < 1.29 is 14.3 Å². The predicted octanol–water partition coefficient (Wildman–Crippen LogP) is 5.26. The molecular weight excluding hydrogens is 430 g/mol. The second-order valence-corrected chi connectivity index (χ2v) is 9.87. The van der Waals surface area contributed by atoms with E-state index in [1.165, 1.54) is 34.3 Å². The van der Waals surface area contributed by atoms with Gasteiger partial charge in [-0.1, -0.05) is 36.4 Å². The summed E-state index contributed by atoms with van der Waals surface area (Å²) in [6, 6.07) is 7.75. The highest BCUT2D eigenvalue weighted by molar-refractivity contribution is 8.00. The summed E-state index contributed by atoms with van der Waals surface area (Å²) in [7, 11) is 0. The summed E-state index contributed by atoms with van der Waals surface area (Å²) in [5.74, 6) is -0.506. The van der Waals surface area contributed by atoms with Gasteiger partial charge >= 0.3 is 5.97 Å². The molecule has 3 aromatic rings. The number of amides is 1. The quantitative estimate of drug-likeness (QED) is 0.236. The number of rotatable bonds is 6. The predicted molar refractivity (Wildman–Crippen MR) is 125 cm³/mol. The number of para-hydroxylation sites is 1. The van der Waals surface area contributed by atoms with E-state index in [2.05, 4.69) is 15.3 Å². The van der Waals surface area contributed by atoms with Crippen molar-refractivity contribution in [2.24, 2.45) is 0 Å². The summed E-state index contributed by atoms with van der Waals surface area (Å²) in [5.41, 5.74) is 2.44. The number of hydrogen-bond donors (Lipinski definition) is 1. The maximum absolute atomic E-state index is 13.0. The van der Waals surface area contributed by atoms with Crippen LogP contribution in [0.5, 0.6) is 0 Å². The van der Waals surface area contributed by atoms with Crippen LogP contribution in [0.3, 0.4) is 0 Å². The van der Waals surface area contributed by atoms with Gasteiger partial charge in [-0.25, -0.2) is 14.8 Å². The molecule has 8 heteroatoms. The molecule has 1 aliphatic rings. The van der Waals surface area contributed by atoms with Gasteiger partial charge in [0.05, 0.1) is 22.9 Å². The molecule has 1 aliphatic carbocycles. The van der Waals surface area contributed by atoms with Crippen LogP contribution in [-0.4, -0.2) is 33.7 Å². The minimum absolute atomic E-state index is 0.158. The van der Waals surface area contributed by atoms with E-state index >= 15 is 0 Å². The first-order chi connectivity index (χ1) is 15.1. The topological polar surface area (TPSA) is 81.2 Å². The van der Waals surface area contributed by atoms with Crippen LogP contribution in [0.1, 0.15) is 53.9 Å². The highest BCUT2D eigenvalue weighted by Gasteiger charge is 2.28. The molecule has 31 heavy (non-hydrogen) atoms. The summed E-state index contributed by atoms with van der Waals surface area (Å²) in [6.07, 6.45) is 6.63. The number of aryl methyl sites for hydroxylation is 1. The maximum Gasteiger partial charge on any atom is 0.341 e. The Morgan fingerprint density at radius 3 is 2.84 bits per heavy atom. The van der Waals surface area contributed by atoms with Gasteiger partial charge in [0.15, 0.2) is 0 Å². The molecule has 0 saturated carbocycles. The molecule has 0 spiro atoms. The van der Waals surface area contributed by atoms with Gasteiger partial charge in [0, 0.05) is 10.3 Å². The average Bonchev–Trinajstić information content (AvgIpc) is 2.94. The third-order valence-corrected chi connectivity index (χ3v) is 7.62. The fraction of sp³-hybridized carbons (Fsp3) is 0.391. The summed E-state index contributed by atoms with van der Waals surface area (Å²) in [5, 5.41) is 4.91. The highest BCUT2D eigenvalue weighted by atomic mass is 32.2. The van der Waals surface area contributed by atoms with Crippen LogP contribution in [0.4, 0.5) is 5.00 Å². The second-order valence-electron chi connectivity index (χ2n) is 7.43. The summed E-state index contributed by atoms with van der Waals surface area (Å²) < 4.78 is 5.31. The van der Waals surface area contributed by atoms with Crippen LogP contribution in [0, 0.1) is 0 Å². The van der Waals surface area contributed by atoms with Gasteiger partial charge in [0.2, 0.25) is 5.91 Å². The van der Waals surface area contributed by atoms with Crippen LogP contribution in [-0.2, 0) is 22.4 Å². The number of carbonyl (C=O) groups excluding carboxylic acids is 2. The Hall–Kier alpha value is -2.45. The van der Waals surface area contributed by atoms with Crippen molar-refractivity contribution in [2.45, 2.75) is 56.2 Å². The third-order valence-electron chi connectivity index (χ3n) is 5.30. The Bertz CT molecular complexity index is 1110. The van der Waals surface area contributed by atoms with Crippen molar-refractivity contribution >= 4 is 50.9 Å². The Kier molecular flexibility index (Phi) is 6.87. The van der Waals surface area contributed by atoms with Gasteiger partial charge in [-0.2, -0.15) is 0 Å². The Morgan fingerprint density at radius 1 is 1.19 bits per heavy atom. The first kappa shape index (κ1) is 21.8. The molecule has 1 aromatic carbocycles. The first-order valence-electron chi connectivity index (χ1n) is 10.6. The van der Waals surface area contributed by atoms with Gasteiger partial charge in [-0.3, -0.25) is 4.79 Å². The minimum Gasteiger partial charge on any atom is -0.462 e. The number of hydrogen-bond acceptors (Lipinski definition) is 7. The maximum atomic E-state index is 13.0. The van der Waals surface area contributed by atoms with Gasteiger partial charge in [0.1, 0.15) is 16.4 Å². The molecule has 0 radical (unpaired) electrons. The van der Waals surface area contributed by atoms with Crippen molar-refractivity contribution in [1.82, 2.24) is 9.97 Å². The number of benzene rings is 1. The molecule has 1 atom stereocenters. The highest BCUT2D eigenvalue weighted by Crippen LogP contribution is 2.38. The number of thioether (sulfide) groups is 1. The number of carbonyl (C=O) groups is 2. The second kappa shape index (κ2) is 9.78. The van der Waals surface area contributed by atoms with E-state index in [0.29, 0.717) is 17.2 Å². The zero-order valence-corrected chi connectivity index (χ0v) is 19.3. The number of anilines is 1. The number of ether oxygens (including phenoxy) is 1. The number of nitrogens with one attached hydrogen (secondary N) is 1. The van der Waals surface area contributed by atoms with Gasteiger partial charge in [-0.15, -0.1) is 11.3 Å². The lowest BCUT2D eigenvalue weighted by atomic mass is 10.1. The van der Waals surface area contributed by atoms with Crippen LogP contribution in [0.25, 0.3) is 10.9 Å². The van der Waals surface area contributed by atoms with E-state index in [1.807, 2.05) is 31.2 Å². The van der Waals surface area contributed by atoms with Crippen molar-refractivity contribution in [3.8, 4) is 0 Å². The molecule has 0 saturated heterocycles. The molecule has 1 N–H and O–H groups in total. The number of thiophene rings is 1. The van der Waals surface area contributed by atoms with Crippen LogP contribution in [0.15, 0.2) is 35.6 Å². The molecular formula is C23H25N3O3S2. The molecule has 2 aromatic heterocycles. The fourth-order valence-corrected chi connectivity index (χ4v) is 5.95. The average molecular weight is 456 g/mol. The summed E-state index contributed by atoms with van der Waals surface area (Å²) in [6.45, 7) is 3.95. The van der Waals surface area contributed by atoms with Crippen molar-refractivity contribution in [3.63, 3.8) is 0 Å². The number of nitrogens with zero attached hydrogens (tertiary/aromatic N) is 2. The summed E-state index contributed by atoms with van der Waals surface area (Å²) in [4.78, 5) is 35.6. The smallest absolute Gasteiger partial charge is 0.341 e. The SMILES string of the molecule is CCOC(=O)c1c(NC(=O)[C@H](C)Sc2ncnc3ccccc23)sc2c1CCCCC2. The number of esters is 1. The molecule has 0 unspecified atom stereocenters. The zero-order chi connectivity index (χ0) is 21.8. The van der Waals surface area contributed by atoms with Gasteiger partial charge < -0.3 is 10.1 Å². The normalized spacial score (nSPS) is 14.5. The molecule has 162 valence electrons. The number of aromatic nitrogens is 2. The Balaban J connectivity index is 1.57. The zero-order valence-electron chi connectivity index (χ0n) is 17.6. The Labute approximate surface area is 189 Å². The van der Waals surface area contributed by atoms with Crippen LogP contribution < -0.4 is 5.32 Å². The third kappa shape index (κ3) is 4.75. The molecule has 2 heterocycles. The van der Waals surface area contributed by atoms with Crippen molar-refractivity contribution in [3.05, 3.63) is 46.6 Å². The fourth-order valence-electron chi connectivity index (χ4n) is 3.76. The van der Waals surface area contributed by atoms with Crippen LogP contribution >= 0.6 is 23.1 Å². The van der Waals surface area contributed by atoms with E-state index in [9.17, 15) is 9.59 Å². The van der Waals surface area contributed by atoms with Gasteiger partial charge in [0.25, 0.3) is 0 Å². The molecule has 0 fully saturated rings. The van der Waals surface area contributed by atoms with E-state index in [1.54, 1.807) is 6.92 Å². The monoisotopic (exact) mass is 455 g/mol. The minimum atomic E-state index is -0.393. The lowest BCUT2D eigenvalue weighted by molar-refractivity contribution is -0.115. The lowest BCUT2D eigenvalue weighted by Crippen LogP contribution is -2.23. The van der Waals surface area contributed by atoms with E-state index < -0.39 is 5.25 Å². The van der Waals surface area contributed by atoms with Crippen molar-refractivity contribution in [1.29, 1.82) is 0 Å². The number of fused-ring (bicyclic) bond motifs is 2. The van der Waals surface area contributed by atoms with Crippen molar-refractivity contribution in [2.75, 3.05) is 11.9 Å². The molecule has 6 nitrogen and oxygen atoms in total. The molecule has 0 aliphatic heterocycles. The largest absolute Gasteiger partial charge is 0.462 e. The van der Waals surface area contributed by atoms with E-state index in [-0.39, 0.29) is 11.9 Å². The van der Waals surface area contributed by atoms with E-state index in [4.69, 9.17) is 4.74 Å². The molecule has 1 amide bonds. The lowest BCUT2D eigenvalue weighted by Gasteiger charge is -2.13. The van der Waals surface area contributed by atoms with Crippen LogP contribution in [0.2, 0.25) is 0 Å². The standard InChI is InChI=1S/C23H25N3O3S2/c1-3-29-23(28)19-16-10-5-4-6-12-18(16)31-22(19)26-20(27)14(2)30-21-15-9-7-8-11-17(15)24-13-25-21/h7-9,11,13-14H,3-6,10,12H2,1-2H3,(H,26,27)/t14-/m0/s1.